The Bertz CT molecular complexity index is 873. The molecule has 2 aliphatic carbocycles. The number of hydrogen-bond acceptors (Lipinski definition) is 1. The lowest BCUT2D eigenvalue weighted by atomic mass is 9.68. The number of aromatic nitrogens is 1. The van der Waals surface area contributed by atoms with E-state index in [9.17, 15) is 4.79 Å². The van der Waals surface area contributed by atoms with Crippen molar-refractivity contribution in [1.29, 1.82) is 0 Å². The van der Waals surface area contributed by atoms with Gasteiger partial charge in [0.2, 0.25) is 0 Å². The van der Waals surface area contributed by atoms with Crippen LogP contribution in [0.1, 0.15) is 75.9 Å². The highest BCUT2D eigenvalue weighted by molar-refractivity contribution is 5.99. The number of aryl methyl sites for hydroxylation is 2. The molecule has 0 radical (unpaired) electrons. The summed E-state index contributed by atoms with van der Waals surface area (Å²) >= 11 is 0. The Morgan fingerprint density at radius 3 is 2.70 bits per heavy atom. The highest BCUT2D eigenvalue weighted by Gasteiger charge is 2.59. The Kier molecular flexibility index (Phi) is 4.40. The van der Waals surface area contributed by atoms with E-state index in [1.165, 1.54) is 35.7 Å². The molecule has 2 fully saturated rings. The van der Waals surface area contributed by atoms with Gasteiger partial charge in [0.25, 0.3) is 5.91 Å². The summed E-state index contributed by atoms with van der Waals surface area (Å²) in [7, 11) is 0. The average Bonchev–Trinajstić information content (AvgIpc) is 3.23. The zero-order valence-corrected chi connectivity index (χ0v) is 17.6. The number of hydrogen-bond donors (Lipinski definition) is 1. The monoisotopic (exact) mass is 366 g/mol. The van der Waals surface area contributed by atoms with Crippen LogP contribution in [0, 0.1) is 23.7 Å². The van der Waals surface area contributed by atoms with Gasteiger partial charge in [-0.1, -0.05) is 45.7 Å². The summed E-state index contributed by atoms with van der Waals surface area (Å²) in [5.74, 6) is 0.841. The Labute approximate surface area is 163 Å². The molecule has 2 bridgehead atoms. The number of fused-ring (bicyclic) bond motifs is 3. The molecule has 2 aliphatic rings. The van der Waals surface area contributed by atoms with Gasteiger partial charge in [0.1, 0.15) is 5.69 Å². The van der Waals surface area contributed by atoms with Crippen LogP contribution in [0.25, 0.3) is 10.9 Å². The smallest absolute Gasteiger partial charge is 0.268 e. The summed E-state index contributed by atoms with van der Waals surface area (Å²) in [6.07, 6.45) is 6.02. The van der Waals surface area contributed by atoms with Crippen molar-refractivity contribution >= 4 is 16.8 Å². The molecule has 4 rings (SSSR count). The van der Waals surface area contributed by atoms with Crippen LogP contribution in [0.2, 0.25) is 0 Å². The number of nitrogens with one attached hydrogen (secondary N) is 1. The highest BCUT2D eigenvalue weighted by atomic mass is 16.2. The molecule has 0 spiro atoms. The summed E-state index contributed by atoms with van der Waals surface area (Å²) in [5, 5.41) is 4.67. The van der Waals surface area contributed by atoms with Crippen LogP contribution >= 0.6 is 0 Å². The molecule has 3 heteroatoms. The third kappa shape index (κ3) is 2.90. The lowest BCUT2D eigenvalue weighted by molar-refractivity contribution is 0.0729. The van der Waals surface area contributed by atoms with E-state index >= 15 is 0 Å². The number of amides is 1. The van der Waals surface area contributed by atoms with E-state index in [4.69, 9.17) is 0 Å². The van der Waals surface area contributed by atoms with Crippen molar-refractivity contribution < 1.29 is 4.79 Å². The lowest BCUT2D eigenvalue weighted by Crippen LogP contribution is -2.52. The first kappa shape index (κ1) is 18.6. The fourth-order valence-corrected chi connectivity index (χ4v) is 6.00. The van der Waals surface area contributed by atoms with Crippen LogP contribution in [-0.2, 0) is 6.54 Å². The lowest BCUT2D eigenvalue weighted by Gasteiger charge is -2.43. The second kappa shape index (κ2) is 6.39. The van der Waals surface area contributed by atoms with Gasteiger partial charge in [0, 0.05) is 23.5 Å². The molecule has 1 heterocycles. The molecule has 1 aromatic carbocycles. The normalized spacial score (nSPS) is 28.8. The van der Waals surface area contributed by atoms with Crippen LogP contribution in [0.5, 0.6) is 0 Å². The topological polar surface area (TPSA) is 34.0 Å². The Morgan fingerprint density at radius 2 is 2.04 bits per heavy atom. The van der Waals surface area contributed by atoms with E-state index in [-0.39, 0.29) is 22.8 Å². The van der Waals surface area contributed by atoms with Crippen LogP contribution in [-0.4, -0.2) is 16.5 Å². The van der Waals surface area contributed by atoms with Gasteiger partial charge in [-0.05, 0) is 67.6 Å². The molecular weight excluding hydrogens is 332 g/mol. The summed E-state index contributed by atoms with van der Waals surface area (Å²) in [5.41, 5.74) is 3.67. The van der Waals surface area contributed by atoms with Gasteiger partial charge < -0.3 is 9.88 Å². The molecule has 3 nitrogen and oxygen atoms in total. The summed E-state index contributed by atoms with van der Waals surface area (Å²) in [6.45, 7) is 12.3. The molecule has 2 aromatic rings. The molecule has 3 atom stereocenters. The fraction of sp³-hybridized carbons (Fsp3) is 0.625. The maximum atomic E-state index is 13.4. The van der Waals surface area contributed by atoms with Crippen molar-refractivity contribution in [3.05, 3.63) is 35.5 Å². The molecule has 0 saturated heterocycles. The molecule has 1 N–H and O–H groups in total. The van der Waals surface area contributed by atoms with Crippen molar-refractivity contribution in [3.8, 4) is 0 Å². The summed E-state index contributed by atoms with van der Waals surface area (Å²) in [6, 6.07) is 8.86. The maximum Gasteiger partial charge on any atom is 0.268 e. The van der Waals surface area contributed by atoms with Crippen molar-refractivity contribution in [1.82, 2.24) is 9.88 Å². The van der Waals surface area contributed by atoms with Gasteiger partial charge in [0.05, 0.1) is 0 Å². The highest BCUT2D eigenvalue weighted by Crippen LogP contribution is 2.62. The van der Waals surface area contributed by atoms with Gasteiger partial charge in [-0.15, -0.1) is 0 Å². The third-order valence-corrected chi connectivity index (χ3v) is 7.57. The Hall–Kier alpha value is -1.77. The second-order valence-corrected chi connectivity index (χ2v) is 9.92. The first-order valence-electron chi connectivity index (χ1n) is 10.7. The van der Waals surface area contributed by atoms with Gasteiger partial charge in [-0.2, -0.15) is 0 Å². The number of carbonyl (C=O) groups is 1. The van der Waals surface area contributed by atoms with E-state index in [0.29, 0.717) is 0 Å². The van der Waals surface area contributed by atoms with Crippen molar-refractivity contribution in [2.24, 2.45) is 16.7 Å². The summed E-state index contributed by atoms with van der Waals surface area (Å²) < 4.78 is 2.23. The first-order valence-corrected chi connectivity index (χ1v) is 10.7. The van der Waals surface area contributed by atoms with Crippen LogP contribution in [0.4, 0.5) is 0 Å². The molecule has 146 valence electrons. The quantitative estimate of drug-likeness (QED) is 0.724. The van der Waals surface area contributed by atoms with Crippen molar-refractivity contribution in [2.75, 3.05) is 0 Å². The largest absolute Gasteiger partial charge is 0.347 e. The van der Waals surface area contributed by atoms with E-state index in [1.54, 1.807) is 0 Å². The Balaban J connectivity index is 1.68. The predicted octanol–water partition coefficient (Wildman–Crippen LogP) is 5.69. The van der Waals surface area contributed by atoms with Crippen molar-refractivity contribution in [3.63, 3.8) is 0 Å². The van der Waals surface area contributed by atoms with E-state index in [1.807, 2.05) is 0 Å². The number of nitrogens with zero attached hydrogens (tertiary/aromatic N) is 1. The summed E-state index contributed by atoms with van der Waals surface area (Å²) in [4.78, 5) is 13.4. The minimum atomic E-state index is 0.104. The zero-order valence-electron chi connectivity index (χ0n) is 17.6. The maximum absolute atomic E-state index is 13.4. The molecule has 1 aromatic heterocycles. The number of carbonyl (C=O) groups excluding carboxylic acids is 1. The van der Waals surface area contributed by atoms with Crippen molar-refractivity contribution in [2.45, 2.75) is 79.3 Å². The predicted molar refractivity (Wildman–Crippen MR) is 112 cm³/mol. The molecule has 0 aliphatic heterocycles. The zero-order chi connectivity index (χ0) is 19.4. The van der Waals surface area contributed by atoms with Gasteiger partial charge >= 0.3 is 0 Å². The Morgan fingerprint density at radius 1 is 1.26 bits per heavy atom. The SMILES string of the molecule is CCCCn1c(C(=O)NC2C(C)(C)C3CC[C@]2(C)C3)cc2cc(C)ccc21. The molecule has 1 amide bonds. The number of unbranched alkanes of at least 4 members (excludes halogenated alkanes) is 1. The second-order valence-electron chi connectivity index (χ2n) is 9.92. The molecule has 27 heavy (non-hydrogen) atoms. The first-order chi connectivity index (χ1) is 12.8. The minimum absolute atomic E-state index is 0.104. The number of rotatable bonds is 5. The van der Waals surface area contributed by atoms with Crippen LogP contribution < -0.4 is 5.32 Å². The van der Waals surface area contributed by atoms with Crippen LogP contribution in [0.3, 0.4) is 0 Å². The average molecular weight is 367 g/mol. The van der Waals surface area contributed by atoms with E-state index < -0.39 is 0 Å². The van der Waals surface area contributed by atoms with Gasteiger partial charge in [0.15, 0.2) is 0 Å². The van der Waals surface area contributed by atoms with E-state index in [0.717, 1.165) is 31.0 Å². The van der Waals surface area contributed by atoms with Gasteiger partial charge in [-0.25, -0.2) is 0 Å². The third-order valence-electron chi connectivity index (χ3n) is 7.57. The molecule has 2 unspecified atom stereocenters. The number of benzene rings is 1. The molecule has 2 saturated carbocycles. The fourth-order valence-electron chi connectivity index (χ4n) is 6.00. The van der Waals surface area contributed by atoms with Gasteiger partial charge in [-0.3, -0.25) is 4.79 Å². The standard InChI is InChI=1S/C24H34N2O/c1-6-7-12-26-19-9-8-16(2)13-17(19)14-20(26)21(27)25-22-23(3,4)18-10-11-24(22,5)15-18/h8-9,13-14,18,22H,6-7,10-12,15H2,1-5H3,(H,25,27)/t18?,22?,24-/m1/s1. The van der Waals surface area contributed by atoms with Crippen LogP contribution in [0.15, 0.2) is 24.3 Å². The molecular formula is C24H34N2O. The van der Waals surface area contributed by atoms with E-state index in [2.05, 4.69) is 68.8 Å². The minimum Gasteiger partial charge on any atom is -0.347 e.